The predicted octanol–water partition coefficient (Wildman–Crippen LogP) is 3.68. The van der Waals surface area contributed by atoms with Crippen molar-refractivity contribution < 1.29 is 4.79 Å². The fourth-order valence-corrected chi connectivity index (χ4v) is 2.91. The molecule has 0 fully saturated rings. The Hall–Kier alpha value is -1.42. The molecule has 0 aliphatic rings. The van der Waals surface area contributed by atoms with Crippen LogP contribution < -0.4 is 0 Å². The maximum atomic E-state index is 11.2. The van der Waals surface area contributed by atoms with Crippen molar-refractivity contribution in [1.82, 2.24) is 4.67 Å². The molecule has 0 aliphatic carbocycles. The van der Waals surface area contributed by atoms with Gasteiger partial charge in [0.25, 0.3) is 0 Å². The predicted molar refractivity (Wildman–Crippen MR) is 83.7 cm³/mol. The third-order valence-corrected chi connectivity index (χ3v) is 4.55. The van der Waals surface area contributed by atoms with Crippen molar-refractivity contribution in [3.63, 3.8) is 0 Å². The minimum atomic E-state index is -1.55. The Bertz CT molecular complexity index is 449. The molecule has 0 N–H and O–H groups in total. The number of benzene rings is 1. The molecule has 0 radical (unpaired) electrons. The number of nitrogens with zero attached hydrogens (tertiary/aromatic N) is 2. The summed E-state index contributed by atoms with van der Waals surface area (Å²) >= 11 is 0. The van der Waals surface area contributed by atoms with E-state index in [9.17, 15) is 4.79 Å². The molecule has 4 heteroatoms. The number of rotatable bonds is 6. The summed E-state index contributed by atoms with van der Waals surface area (Å²) in [5, 5.41) is 4.67. The second-order valence-electron chi connectivity index (χ2n) is 5.93. The molecule has 0 unspecified atom stereocenters. The van der Waals surface area contributed by atoms with Gasteiger partial charge >= 0.3 is 0 Å². The third-order valence-electron chi connectivity index (χ3n) is 2.75. The Balaban J connectivity index is 2.88. The quantitative estimate of drug-likeness (QED) is 0.451. The van der Waals surface area contributed by atoms with Gasteiger partial charge in [0.1, 0.15) is 5.78 Å². The van der Waals surface area contributed by atoms with Gasteiger partial charge in [-0.25, -0.2) is 0 Å². The topological polar surface area (TPSA) is 32.7 Å². The number of ketones is 1. The van der Waals surface area contributed by atoms with Crippen molar-refractivity contribution in [1.29, 1.82) is 0 Å². The van der Waals surface area contributed by atoms with Crippen molar-refractivity contribution in [2.75, 3.05) is 0 Å². The van der Waals surface area contributed by atoms with Gasteiger partial charge in [-0.05, 0) is 19.4 Å². The zero-order chi connectivity index (χ0) is 14.5. The fraction of sp³-hybridized carbons (Fsp3) is 0.467. The van der Waals surface area contributed by atoms with Crippen LogP contribution in [0.15, 0.2) is 35.4 Å². The van der Waals surface area contributed by atoms with Crippen molar-refractivity contribution >= 4 is 19.7 Å². The fourth-order valence-electron chi connectivity index (χ4n) is 1.78. The third kappa shape index (κ3) is 5.83. The van der Waals surface area contributed by atoms with Crippen molar-refractivity contribution in [3.8, 4) is 0 Å². The smallest absolute Gasteiger partial charge is 0.169 e. The molecule has 0 saturated carbocycles. The van der Waals surface area contributed by atoms with E-state index in [-0.39, 0.29) is 5.78 Å². The van der Waals surface area contributed by atoms with E-state index >= 15 is 0 Å². The average molecular weight is 276 g/mol. The molecule has 1 aromatic rings. The standard InChI is InChI=1S/C15H24N2OSi/c1-13(11-14(2)18)16-17(19(3,4)5)12-15-9-7-6-8-10-15/h6-10H,11-12H2,1-5H3/b16-13+. The van der Waals surface area contributed by atoms with Crippen LogP contribution in [-0.4, -0.2) is 24.4 Å². The number of hydrogen-bond donors (Lipinski definition) is 0. The molecule has 0 saturated heterocycles. The first kappa shape index (κ1) is 15.6. The first-order valence-corrected chi connectivity index (χ1v) is 10.1. The average Bonchev–Trinajstić information content (AvgIpc) is 2.27. The molecule has 0 bridgehead atoms. The lowest BCUT2D eigenvalue weighted by Crippen LogP contribution is -2.42. The van der Waals surface area contributed by atoms with E-state index in [0.29, 0.717) is 6.42 Å². The van der Waals surface area contributed by atoms with Gasteiger partial charge in [0, 0.05) is 12.1 Å². The number of hydrazone groups is 1. The van der Waals surface area contributed by atoms with Crippen LogP contribution in [0.4, 0.5) is 0 Å². The number of hydrogen-bond acceptors (Lipinski definition) is 3. The van der Waals surface area contributed by atoms with E-state index in [0.717, 1.165) is 12.3 Å². The number of carbonyl (C=O) groups is 1. The molecular weight excluding hydrogens is 252 g/mol. The normalized spacial score (nSPS) is 12.4. The van der Waals surface area contributed by atoms with Crippen LogP contribution in [0.1, 0.15) is 25.8 Å². The molecule has 104 valence electrons. The van der Waals surface area contributed by atoms with Crippen LogP contribution in [0.5, 0.6) is 0 Å². The van der Waals surface area contributed by atoms with Crippen molar-refractivity contribution in [2.45, 2.75) is 46.5 Å². The van der Waals surface area contributed by atoms with E-state index in [1.807, 2.05) is 25.1 Å². The van der Waals surface area contributed by atoms with Gasteiger partial charge in [0.2, 0.25) is 0 Å². The zero-order valence-electron chi connectivity index (χ0n) is 12.6. The van der Waals surface area contributed by atoms with Crippen LogP contribution in [-0.2, 0) is 11.3 Å². The number of carbonyl (C=O) groups excluding carboxylic acids is 1. The summed E-state index contributed by atoms with van der Waals surface area (Å²) in [5.41, 5.74) is 2.15. The Morgan fingerprint density at radius 1 is 1.16 bits per heavy atom. The summed E-state index contributed by atoms with van der Waals surface area (Å²) in [4.78, 5) is 11.2. The highest BCUT2D eigenvalue weighted by Crippen LogP contribution is 2.15. The zero-order valence-corrected chi connectivity index (χ0v) is 13.6. The Labute approximate surface area is 117 Å². The van der Waals surface area contributed by atoms with Gasteiger partial charge < -0.3 is 4.67 Å². The summed E-state index contributed by atoms with van der Waals surface area (Å²) in [5.74, 6) is 0.163. The molecular formula is C15H24N2OSi. The van der Waals surface area contributed by atoms with Gasteiger partial charge in [-0.2, -0.15) is 5.10 Å². The molecule has 1 rings (SSSR count). The summed E-state index contributed by atoms with van der Waals surface area (Å²) < 4.78 is 2.18. The van der Waals surface area contributed by atoms with Crippen LogP contribution in [0, 0.1) is 0 Å². The second kappa shape index (κ2) is 6.66. The van der Waals surface area contributed by atoms with Crippen LogP contribution in [0.25, 0.3) is 0 Å². The first-order valence-electron chi connectivity index (χ1n) is 6.64. The number of Topliss-reactive ketones (excluding diaryl/α,β-unsaturated/α-hetero) is 1. The maximum absolute atomic E-state index is 11.2. The van der Waals surface area contributed by atoms with E-state index in [4.69, 9.17) is 0 Å². The lowest BCUT2D eigenvalue weighted by atomic mass is 10.2. The molecule has 0 heterocycles. The molecule has 0 atom stereocenters. The Morgan fingerprint density at radius 2 is 1.74 bits per heavy atom. The molecule has 0 amide bonds. The molecule has 3 nitrogen and oxygen atoms in total. The Kier molecular flexibility index (Phi) is 5.48. The highest BCUT2D eigenvalue weighted by atomic mass is 28.3. The summed E-state index contributed by atoms with van der Waals surface area (Å²) in [6.07, 6.45) is 0.440. The molecule has 1 aromatic carbocycles. The lowest BCUT2D eigenvalue weighted by molar-refractivity contribution is -0.115. The molecule has 19 heavy (non-hydrogen) atoms. The second-order valence-corrected chi connectivity index (χ2v) is 10.8. The van der Waals surface area contributed by atoms with Gasteiger partial charge in [0.15, 0.2) is 8.24 Å². The molecule has 0 aliphatic heterocycles. The van der Waals surface area contributed by atoms with E-state index in [1.54, 1.807) is 6.92 Å². The van der Waals surface area contributed by atoms with E-state index in [2.05, 4.69) is 41.5 Å². The highest BCUT2D eigenvalue weighted by Gasteiger charge is 2.23. The van der Waals surface area contributed by atoms with Crippen LogP contribution in [0.3, 0.4) is 0 Å². The van der Waals surface area contributed by atoms with E-state index < -0.39 is 8.24 Å². The van der Waals surface area contributed by atoms with Crippen molar-refractivity contribution in [2.24, 2.45) is 5.10 Å². The summed E-state index contributed by atoms with van der Waals surface area (Å²) in [7, 11) is -1.55. The maximum Gasteiger partial charge on any atom is 0.169 e. The summed E-state index contributed by atoms with van der Waals surface area (Å²) in [6, 6.07) is 10.3. The van der Waals surface area contributed by atoms with Gasteiger partial charge in [-0.1, -0.05) is 50.0 Å². The first-order chi connectivity index (χ1) is 8.79. The molecule has 0 spiro atoms. The van der Waals surface area contributed by atoms with Gasteiger partial charge in [0.05, 0.1) is 6.54 Å². The minimum absolute atomic E-state index is 0.163. The van der Waals surface area contributed by atoms with Crippen LogP contribution >= 0.6 is 0 Å². The monoisotopic (exact) mass is 276 g/mol. The highest BCUT2D eigenvalue weighted by molar-refractivity contribution is 6.73. The van der Waals surface area contributed by atoms with Gasteiger partial charge in [-0.3, -0.25) is 4.79 Å². The van der Waals surface area contributed by atoms with E-state index in [1.165, 1.54) is 5.56 Å². The summed E-state index contributed by atoms with van der Waals surface area (Å²) in [6.45, 7) is 11.1. The van der Waals surface area contributed by atoms with Crippen LogP contribution in [0.2, 0.25) is 19.6 Å². The van der Waals surface area contributed by atoms with Crippen molar-refractivity contribution in [3.05, 3.63) is 35.9 Å². The molecule has 0 aromatic heterocycles. The lowest BCUT2D eigenvalue weighted by Gasteiger charge is -2.32. The largest absolute Gasteiger partial charge is 0.320 e. The van der Waals surface area contributed by atoms with Gasteiger partial charge in [-0.15, -0.1) is 0 Å². The SMILES string of the molecule is CC(=O)C/C(C)=N/N(Cc1ccccc1)[Si](C)(C)C. The Morgan fingerprint density at radius 3 is 2.21 bits per heavy atom. The minimum Gasteiger partial charge on any atom is -0.320 e.